The molecule has 0 aromatic heterocycles. The van der Waals surface area contributed by atoms with Gasteiger partial charge in [-0.3, -0.25) is 4.79 Å². The van der Waals surface area contributed by atoms with Crippen LogP contribution in [0.1, 0.15) is 16.8 Å². The van der Waals surface area contributed by atoms with E-state index >= 15 is 0 Å². The molecular weight excluding hydrogens is 411 g/mol. The second-order valence-corrected chi connectivity index (χ2v) is 8.58. The van der Waals surface area contributed by atoms with E-state index in [0.29, 0.717) is 25.7 Å². The fraction of sp³-hybridized carbons (Fsp3) is 0.316. The number of amides is 1. The van der Waals surface area contributed by atoms with Crippen molar-refractivity contribution in [2.45, 2.75) is 11.3 Å². The van der Waals surface area contributed by atoms with Gasteiger partial charge in [-0.25, -0.2) is 21.6 Å². The molecule has 29 heavy (non-hydrogen) atoms. The van der Waals surface area contributed by atoms with Gasteiger partial charge in [0.2, 0.25) is 0 Å². The molecule has 2 aromatic carbocycles. The summed E-state index contributed by atoms with van der Waals surface area (Å²) in [6.07, 6.45) is 0.623. The highest BCUT2D eigenvalue weighted by molar-refractivity contribution is 7.91. The van der Waals surface area contributed by atoms with E-state index in [0.717, 1.165) is 12.1 Å². The molecule has 2 aromatic rings. The van der Waals surface area contributed by atoms with Crippen molar-refractivity contribution in [2.75, 3.05) is 31.4 Å². The number of nitrogens with one attached hydrogen (secondary N) is 1. The Kier molecular flexibility index (Phi) is 6.13. The predicted molar refractivity (Wildman–Crippen MR) is 98.2 cm³/mol. The van der Waals surface area contributed by atoms with Gasteiger partial charge in [0.1, 0.15) is 5.75 Å². The van der Waals surface area contributed by atoms with Gasteiger partial charge in [-0.2, -0.15) is 0 Å². The van der Waals surface area contributed by atoms with E-state index in [1.165, 1.54) is 19.2 Å². The van der Waals surface area contributed by atoms with Gasteiger partial charge >= 0.3 is 0 Å². The van der Waals surface area contributed by atoms with Crippen molar-refractivity contribution >= 4 is 21.4 Å². The molecule has 1 heterocycles. The van der Waals surface area contributed by atoms with Crippen molar-refractivity contribution in [1.29, 1.82) is 0 Å². The monoisotopic (exact) mass is 429 g/mol. The second-order valence-electron chi connectivity index (χ2n) is 6.55. The summed E-state index contributed by atoms with van der Waals surface area (Å²) in [5, 5.41) is 2.11. The zero-order chi connectivity index (χ0) is 21.2. The number of anilines is 1. The Morgan fingerprint density at radius 2 is 1.97 bits per heavy atom. The lowest BCUT2D eigenvalue weighted by Gasteiger charge is -2.13. The quantitative estimate of drug-likeness (QED) is 0.714. The molecule has 0 radical (unpaired) electrons. The van der Waals surface area contributed by atoms with E-state index < -0.39 is 38.9 Å². The van der Waals surface area contributed by atoms with Crippen molar-refractivity contribution in [2.24, 2.45) is 5.92 Å². The number of halogens is 3. The number of benzene rings is 2. The van der Waals surface area contributed by atoms with Crippen molar-refractivity contribution in [1.82, 2.24) is 0 Å². The zero-order valence-corrected chi connectivity index (χ0v) is 16.2. The van der Waals surface area contributed by atoms with Crippen molar-refractivity contribution in [3.05, 3.63) is 53.3 Å². The lowest BCUT2D eigenvalue weighted by molar-refractivity contribution is 0.102. The Hall–Kier alpha value is -2.59. The first kappa shape index (κ1) is 21.1. The molecule has 3 rings (SSSR count). The van der Waals surface area contributed by atoms with Crippen LogP contribution in [-0.4, -0.2) is 40.4 Å². The van der Waals surface area contributed by atoms with Crippen LogP contribution in [0.5, 0.6) is 5.75 Å². The molecule has 1 amide bonds. The van der Waals surface area contributed by atoms with E-state index in [-0.39, 0.29) is 27.9 Å². The summed E-state index contributed by atoms with van der Waals surface area (Å²) < 4.78 is 75.9. The first-order valence-corrected chi connectivity index (χ1v) is 10.3. The van der Waals surface area contributed by atoms with E-state index in [1.54, 1.807) is 0 Å². The third-order valence-electron chi connectivity index (χ3n) is 4.54. The Morgan fingerprint density at radius 1 is 1.21 bits per heavy atom. The summed E-state index contributed by atoms with van der Waals surface area (Å²) in [5.74, 6) is -5.88. The number of sulfone groups is 1. The summed E-state index contributed by atoms with van der Waals surface area (Å²) in [6.45, 7) is 0.842. The minimum absolute atomic E-state index is 0.0358. The van der Waals surface area contributed by atoms with Crippen LogP contribution in [-0.2, 0) is 14.6 Å². The molecule has 0 aliphatic carbocycles. The van der Waals surface area contributed by atoms with Gasteiger partial charge in [-0.05, 0) is 42.7 Å². The molecule has 0 unspecified atom stereocenters. The summed E-state index contributed by atoms with van der Waals surface area (Å²) in [6, 6.07) is 5.24. The van der Waals surface area contributed by atoms with Crippen molar-refractivity contribution < 1.29 is 35.9 Å². The van der Waals surface area contributed by atoms with Gasteiger partial charge in [0.25, 0.3) is 5.91 Å². The molecule has 1 aliphatic rings. The molecule has 1 fully saturated rings. The molecule has 0 spiro atoms. The van der Waals surface area contributed by atoms with Crippen LogP contribution in [0, 0.1) is 23.4 Å². The van der Waals surface area contributed by atoms with Gasteiger partial charge in [-0.1, -0.05) is 0 Å². The first-order valence-electron chi connectivity index (χ1n) is 8.66. The van der Waals surface area contributed by atoms with Gasteiger partial charge in [0.05, 0.1) is 35.6 Å². The lowest BCUT2D eigenvalue weighted by Crippen LogP contribution is -2.19. The molecule has 1 saturated heterocycles. The molecule has 1 N–H and O–H groups in total. The maximum atomic E-state index is 13.8. The van der Waals surface area contributed by atoms with Crippen LogP contribution in [0.25, 0.3) is 0 Å². The standard InChI is InChI=1S/C19H18F3NO5S/c1-27-16-5-2-12(29(25,26)10-11-6-7-28-9-11)8-13(16)19(24)23-15-4-3-14(20)17(21)18(15)22/h2-5,8,11H,6-7,9-10H2,1H3,(H,23,24)/t11-/m0/s1. The number of ether oxygens (including phenoxy) is 2. The number of methoxy groups -OCH3 is 1. The van der Waals surface area contributed by atoms with E-state index in [9.17, 15) is 26.4 Å². The SMILES string of the molecule is COc1ccc(S(=O)(=O)C[C@H]2CCOC2)cc1C(=O)Nc1ccc(F)c(F)c1F. The van der Waals surface area contributed by atoms with E-state index in [2.05, 4.69) is 5.32 Å². The fourth-order valence-electron chi connectivity index (χ4n) is 2.99. The molecule has 0 saturated carbocycles. The van der Waals surface area contributed by atoms with Gasteiger partial charge < -0.3 is 14.8 Å². The molecule has 156 valence electrons. The minimum atomic E-state index is -3.72. The number of carbonyl (C=O) groups is 1. The number of hydrogen-bond donors (Lipinski definition) is 1. The van der Waals surface area contributed by atoms with Gasteiger partial charge in [0.15, 0.2) is 27.3 Å². The third-order valence-corrected chi connectivity index (χ3v) is 6.42. The van der Waals surface area contributed by atoms with E-state index in [1.807, 2.05) is 0 Å². The predicted octanol–water partition coefficient (Wildman–Crippen LogP) is 3.18. The van der Waals surface area contributed by atoms with Crippen molar-refractivity contribution in [3.63, 3.8) is 0 Å². The van der Waals surface area contributed by atoms with Crippen LogP contribution in [0.3, 0.4) is 0 Å². The fourth-order valence-corrected chi connectivity index (χ4v) is 4.64. The van der Waals surface area contributed by atoms with Crippen LogP contribution in [0.4, 0.5) is 18.9 Å². The Bertz CT molecular complexity index is 1040. The van der Waals surface area contributed by atoms with Crippen LogP contribution in [0.15, 0.2) is 35.2 Å². The van der Waals surface area contributed by atoms with Gasteiger partial charge in [0, 0.05) is 6.61 Å². The number of rotatable bonds is 6. The normalized spacial score (nSPS) is 16.6. The molecular formula is C19H18F3NO5S. The topological polar surface area (TPSA) is 81.7 Å². The lowest BCUT2D eigenvalue weighted by atomic mass is 10.1. The molecule has 1 aliphatic heterocycles. The maximum absolute atomic E-state index is 13.8. The molecule has 1 atom stereocenters. The Labute approximate surface area is 165 Å². The molecule has 0 bridgehead atoms. The first-order chi connectivity index (χ1) is 13.7. The van der Waals surface area contributed by atoms with Crippen LogP contribution < -0.4 is 10.1 Å². The summed E-state index contributed by atoms with van der Waals surface area (Å²) in [7, 11) is -2.45. The Balaban J connectivity index is 1.90. The van der Waals surface area contributed by atoms with E-state index in [4.69, 9.17) is 9.47 Å². The summed E-state index contributed by atoms with van der Waals surface area (Å²) in [5.41, 5.74) is -0.785. The Morgan fingerprint density at radius 3 is 2.62 bits per heavy atom. The average molecular weight is 429 g/mol. The van der Waals surface area contributed by atoms with Crippen LogP contribution in [0.2, 0.25) is 0 Å². The third kappa shape index (κ3) is 4.54. The van der Waals surface area contributed by atoms with Crippen molar-refractivity contribution in [3.8, 4) is 5.75 Å². The minimum Gasteiger partial charge on any atom is -0.496 e. The maximum Gasteiger partial charge on any atom is 0.259 e. The second kappa shape index (κ2) is 8.42. The smallest absolute Gasteiger partial charge is 0.259 e. The molecule has 6 nitrogen and oxygen atoms in total. The zero-order valence-electron chi connectivity index (χ0n) is 15.4. The number of carbonyl (C=O) groups excluding carboxylic acids is 1. The summed E-state index contributed by atoms with van der Waals surface area (Å²) in [4.78, 5) is 12.5. The average Bonchev–Trinajstić information content (AvgIpc) is 3.20. The number of hydrogen-bond acceptors (Lipinski definition) is 5. The van der Waals surface area contributed by atoms with Gasteiger partial charge in [-0.15, -0.1) is 0 Å². The van der Waals surface area contributed by atoms with Crippen LogP contribution >= 0.6 is 0 Å². The largest absolute Gasteiger partial charge is 0.496 e. The highest BCUT2D eigenvalue weighted by atomic mass is 32.2. The summed E-state index contributed by atoms with van der Waals surface area (Å²) >= 11 is 0. The molecule has 10 heteroatoms. The highest BCUT2D eigenvalue weighted by Gasteiger charge is 2.26. The highest BCUT2D eigenvalue weighted by Crippen LogP contribution is 2.27.